The van der Waals surface area contributed by atoms with E-state index in [-0.39, 0.29) is 17.7 Å². The number of anilines is 1. The third-order valence-corrected chi connectivity index (χ3v) is 6.45. The van der Waals surface area contributed by atoms with E-state index >= 15 is 0 Å². The highest BCUT2D eigenvalue weighted by molar-refractivity contribution is 6.35. The number of nitrogens with zero attached hydrogens (tertiary/aromatic N) is 5. The SMILES string of the molecule is CC#CC(=O)N1CC[C@H](Cn2nc(-c3ccc(C(=O)Nc4ccccn4)cc3)c3cncc(Cl)c32)C1. The van der Waals surface area contributed by atoms with Crippen LogP contribution in [0, 0.1) is 17.8 Å². The summed E-state index contributed by atoms with van der Waals surface area (Å²) in [4.78, 5) is 34.9. The van der Waals surface area contributed by atoms with Crippen LogP contribution in [-0.2, 0) is 11.3 Å². The maximum atomic E-state index is 12.6. The van der Waals surface area contributed by atoms with Gasteiger partial charge in [-0.25, -0.2) is 4.98 Å². The van der Waals surface area contributed by atoms with Gasteiger partial charge in [0.15, 0.2) is 0 Å². The highest BCUT2D eigenvalue weighted by Crippen LogP contribution is 2.33. The van der Waals surface area contributed by atoms with E-state index in [9.17, 15) is 9.59 Å². The van der Waals surface area contributed by atoms with Crippen molar-refractivity contribution in [1.29, 1.82) is 0 Å². The molecule has 0 spiro atoms. The van der Waals surface area contributed by atoms with E-state index in [1.165, 1.54) is 0 Å². The van der Waals surface area contributed by atoms with Crippen molar-refractivity contribution in [2.75, 3.05) is 18.4 Å². The highest BCUT2D eigenvalue weighted by atomic mass is 35.5. The molecule has 8 nitrogen and oxygen atoms in total. The van der Waals surface area contributed by atoms with E-state index < -0.39 is 0 Å². The molecule has 36 heavy (non-hydrogen) atoms. The molecule has 0 unspecified atom stereocenters. The molecule has 1 N–H and O–H groups in total. The van der Waals surface area contributed by atoms with Gasteiger partial charge in [0.25, 0.3) is 11.8 Å². The molecule has 0 saturated carbocycles. The van der Waals surface area contributed by atoms with Crippen LogP contribution >= 0.6 is 11.6 Å². The quantitative estimate of drug-likeness (QED) is 0.415. The van der Waals surface area contributed by atoms with Gasteiger partial charge in [-0.15, -0.1) is 0 Å². The minimum atomic E-state index is -0.242. The van der Waals surface area contributed by atoms with Crippen LogP contribution in [0.3, 0.4) is 0 Å². The molecular weight excluding hydrogens is 476 g/mol. The molecule has 1 saturated heterocycles. The maximum absolute atomic E-state index is 12.6. The predicted octanol–water partition coefficient (Wildman–Crippen LogP) is 4.27. The second-order valence-corrected chi connectivity index (χ2v) is 8.98. The fourth-order valence-electron chi connectivity index (χ4n) is 4.44. The number of hydrogen-bond donors (Lipinski definition) is 1. The molecule has 5 rings (SSSR count). The van der Waals surface area contributed by atoms with Gasteiger partial charge in [-0.3, -0.25) is 19.3 Å². The molecule has 0 bridgehead atoms. The van der Waals surface area contributed by atoms with Crippen molar-refractivity contribution in [2.45, 2.75) is 19.9 Å². The lowest BCUT2D eigenvalue weighted by molar-refractivity contribution is -0.124. The van der Waals surface area contributed by atoms with Crippen LogP contribution in [0.25, 0.3) is 22.2 Å². The first kappa shape index (κ1) is 23.5. The van der Waals surface area contributed by atoms with E-state index in [0.717, 1.165) is 28.6 Å². The molecule has 4 aromatic rings. The Hall–Kier alpha value is -4.22. The molecule has 9 heteroatoms. The van der Waals surface area contributed by atoms with Gasteiger partial charge in [0, 0.05) is 54.7 Å². The molecule has 1 aromatic carbocycles. The molecular formula is C27H23ClN6O2. The first-order valence-electron chi connectivity index (χ1n) is 11.6. The van der Waals surface area contributed by atoms with Gasteiger partial charge in [0.05, 0.1) is 10.5 Å². The summed E-state index contributed by atoms with van der Waals surface area (Å²) >= 11 is 6.55. The summed E-state index contributed by atoms with van der Waals surface area (Å²) in [5.74, 6) is 5.64. The highest BCUT2D eigenvalue weighted by Gasteiger charge is 2.27. The van der Waals surface area contributed by atoms with Crippen LogP contribution in [0.1, 0.15) is 23.7 Å². The fraction of sp³-hybridized carbons (Fsp3) is 0.222. The van der Waals surface area contributed by atoms with E-state index in [4.69, 9.17) is 16.7 Å². The Morgan fingerprint density at radius 2 is 2.00 bits per heavy atom. The van der Waals surface area contributed by atoms with Crippen molar-refractivity contribution in [1.82, 2.24) is 24.6 Å². The standard InChI is InChI=1S/C27H23ClN6O2/c1-2-5-24(35)33-13-11-18(16-33)17-34-26-21(14-29-15-22(26)28)25(32-34)19-7-9-20(10-8-19)27(36)31-23-6-3-4-12-30-23/h3-4,6-10,12,14-15,18H,11,13,16-17H2,1H3,(H,30,31,36)/t18-/m0/s1. The molecule has 1 aliphatic heterocycles. The summed E-state index contributed by atoms with van der Waals surface area (Å²) in [6.45, 7) is 3.60. The van der Waals surface area contributed by atoms with Gasteiger partial charge in [0.2, 0.25) is 0 Å². The van der Waals surface area contributed by atoms with Crippen LogP contribution in [-0.4, -0.2) is 49.6 Å². The van der Waals surface area contributed by atoms with Crippen molar-refractivity contribution >= 4 is 40.1 Å². The number of fused-ring (bicyclic) bond motifs is 1. The lowest BCUT2D eigenvalue weighted by atomic mass is 10.1. The number of benzene rings is 1. The van der Waals surface area contributed by atoms with Gasteiger partial charge in [-0.1, -0.05) is 35.7 Å². The van der Waals surface area contributed by atoms with Gasteiger partial charge >= 0.3 is 0 Å². The predicted molar refractivity (Wildman–Crippen MR) is 138 cm³/mol. The number of carbonyl (C=O) groups is 2. The fourth-order valence-corrected chi connectivity index (χ4v) is 4.69. The Morgan fingerprint density at radius 3 is 2.75 bits per heavy atom. The summed E-state index contributed by atoms with van der Waals surface area (Å²) in [6.07, 6.45) is 5.86. The van der Waals surface area contributed by atoms with Crippen molar-refractivity contribution in [3.05, 3.63) is 71.6 Å². The Morgan fingerprint density at radius 1 is 1.17 bits per heavy atom. The molecule has 4 heterocycles. The third-order valence-electron chi connectivity index (χ3n) is 6.17. The Kier molecular flexibility index (Phi) is 6.65. The van der Waals surface area contributed by atoms with Crippen LogP contribution in [0.5, 0.6) is 0 Å². The van der Waals surface area contributed by atoms with Gasteiger partial charge in [0.1, 0.15) is 11.5 Å². The number of rotatable bonds is 5. The number of aromatic nitrogens is 4. The average molecular weight is 499 g/mol. The van der Waals surface area contributed by atoms with Crippen molar-refractivity contribution in [2.24, 2.45) is 5.92 Å². The number of amides is 2. The molecule has 1 aliphatic rings. The molecule has 180 valence electrons. The monoisotopic (exact) mass is 498 g/mol. The van der Waals surface area contributed by atoms with Gasteiger partial charge in [-0.2, -0.15) is 5.10 Å². The summed E-state index contributed by atoms with van der Waals surface area (Å²) in [5, 5.41) is 9.01. The number of nitrogens with one attached hydrogen (secondary N) is 1. The van der Waals surface area contributed by atoms with E-state index in [0.29, 0.717) is 36.0 Å². The normalized spacial score (nSPS) is 14.9. The minimum absolute atomic E-state index is 0.139. The second-order valence-electron chi connectivity index (χ2n) is 8.58. The topological polar surface area (TPSA) is 93.0 Å². The summed E-state index contributed by atoms with van der Waals surface area (Å²) in [5.41, 5.74) is 2.89. The second kappa shape index (κ2) is 10.2. The summed E-state index contributed by atoms with van der Waals surface area (Å²) < 4.78 is 1.90. The zero-order chi connectivity index (χ0) is 25.1. The van der Waals surface area contributed by atoms with Crippen LogP contribution in [0.4, 0.5) is 5.82 Å². The van der Waals surface area contributed by atoms with Crippen LogP contribution in [0.2, 0.25) is 5.02 Å². The Bertz CT molecular complexity index is 1490. The number of halogens is 1. The third kappa shape index (κ3) is 4.79. The molecule has 2 amide bonds. The largest absolute Gasteiger partial charge is 0.332 e. The van der Waals surface area contributed by atoms with Gasteiger partial charge in [-0.05, 0) is 49.4 Å². The lowest BCUT2D eigenvalue weighted by Gasteiger charge is -2.14. The van der Waals surface area contributed by atoms with Crippen molar-refractivity contribution in [3.8, 4) is 23.1 Å². The zero-order valence-corrected chi connectivity index (χ0v) is 20.4. The molecule has 1 fully saturated rings. The zero-order valence-electron chi connectivity index (χ0n) is 19.6. The first-order valence-corrected chi connectivity index (χ1v) is 12.0. The molecule has 0 radical (unpaired) electrons. The van der Waals surface area contributed by atoms with Crippen LogP contribution in [0.15, 0.2) is 61.1 Å². The van der Waals surface area contributed by atoms with Crippen molar-refractivity contribution in [3.63, 3.8) is 0 Å². The first-order chi connectivity index (χ1) is 17.5. The average Bonchev–Trinajstić information content (AvgIpc) is 3.51. The van der Waals surface area contributed by atoms with E-state index in [1.807, 2.05) is 22.9 Å². The van der Waals surface area contributed by atoms with E-state index in [2.05, 4.69) is 27.1 Å². The van der Waals surface area contributed by atoms with Crippen molar-refractivity contribution < 1.29 is 9.59 Å². The Balaban J connectivity index is 1.39. The number of carbonyl (C=O) groups excluding carboxylic acids is 2. The number of hydrogen-bond acceptors (Lipinski definition) is 5. The van der Waals surface area contributed by atoms with Gasteiger partial charge < -0.3 is 10.2 Å². The maximum Gasteiger partial charge on any atom is 0.298 e. The molecule has 1 atom stereocenters. The Labute approximate surface area is 213 Å². The number of pyridine rings is 2. The van der Waals surface area contributed by atoms with E-state index in [1.54, 1.807) is 54.7 Å². The lowest BCUT2D eigenvalue weighted by Crippen LogP contribution is -2.28. The minimum Gasteiger partial charge on any atom is -0.332 e. The molecule has 0 aliphatic carbocycles. The number of likely N-dealkylation sites (tertiary alicyclic amines) is 1. The summed E-state index contributed by atoms with van der Waals surface area (Å²) in [6, 6.07) is 12.6. The smallest absolute Gasteiger partial charge is 0.298 e. The summed E-state index contributed by atoms with van der Waals surface area (Å²) in [7, 11) is 0. The van der Waals surface area contributed by atoms with Crippen LogP contribution < -0.4 is 5.32 Å². The molecule has 3 aromatic heterocycles.